The smallest absolute Gasteiger partial charge is 0.328 e. The zero-order valence-electron chi connectivity index (χ0n) is 18.0. The maximum atomic E-state index is 10.6. The van der Waals surface area contributed by atoms with Crippen LogP contribution in [0.25, 0.3) is 0 Å². The number of carbonyl (C=O) groups is 1. The van der Waals surface area contributed by atoms with Crippen LogP contribution in [0.15, 0.2) is 36.4 Å². The van der Waals surface area contributed by atoms with Crippen molar-refractivity contribution in [2.24, 2.45) is 0 Å². The van der Waals surface area contributed by atoms with E-state index in [4.69, 9.17) is 10.6 Å². The Kier molecular flexibility index (Phi) is 11.5. The maximum absolute atomic E-state index is 10.6. The zero-order chi connectivity index (χ0) is 19.8. The number of aliphatic carboxylic acids is 1. The topological polar surface area (TPSA) is 37.3 Å². The molecule has 0 aliphatic carbocycles. The van der Waals surface area contributed by atoms with Crippen LogP contribution in [0.5, 0.6) is 0 Å². The quantitative estimate of drug-likeness (QED) is 0.215. The highest BCUT2D eigenvalue weighted by atomic mass is 16.4. The van der Waals surface area contributed by atoms with Crippen molar-refractivity contribution < 1.29 is 15.4 Å². The molecule has 0 rings (SSSR count). The molecule has 0 fully saturated rings. The van der Waals surface area contributed by atoms with E-state index in [9.17, 15) is 4.79 Å². The van der Waals surface area contributed by atoms with E-state index >= 15 is 0 Å². The molecule has 0 aromatic rings. The fourth-order valence-electron chi connectivity index (χ4n) is 2.23. The molecule has 0 atom stereocenters. The molecule has 0 saturated carbocycles. The SMILES string of the molecule is [2H]C(C=CCCCCCCCCCCCCC)=C([2H])C([2H])=C([2H])C(=O)O. The number of rotatable bonds is 15. The van der Waals surface area contributed by atoms with Crippen LogP contribution in [0.1, 0.15) is 89.5 Å². The Hall–Kier alpha value is -1.31. The Balaban J connectivity index is 3.86. The van der Waals surface area contributed by atoms with Crippen molar-refractivity contribution in [2.75, 3.05) is 0 Å². The Morgan fingerprint density at radius 2 is 1.41 bits per heavy atom. The van der Waals surface area contributed by atoms with E-state index < -0.39 is 24.1 Å². The van der Waals surface area contributed by atoms with Gasteiger partial charge in [0.25, 0.3) is 0 Å². The third-order valence-electron chi connectivity index (χ3n) is 3.48. The Morgan fingerprint density at radius 1 is 0.864 bits per heavy atom. The summed E-state index contributed by atoms with van der Waals surface area (Å²) in [5.74, 6) is -1.56. The summed E-state index contributed by atoms with van der Waals surface area (Å²) in [5, 5.41) is 8.63. The van der Waals surface area contributed by atoms with Crippen LogP contribution in [0, 0.1) is 0 Å². The molecule has 0 aliphatic heterocycles. The van der Waals surface area contributed by atoms with Gasteiger partial charge in [0.2, 0.25) is 0 Å². The number of carboxylic acids is 1. The monoisotopic (exact) mass is 310 g/mol. The first kappa shape index (κ1) is 14.3. The van der Waals surface area contributed by atoms with Gasteiger partial charge in [0.05, 0.1) is 5.48 Å². The van der Waals surface area contributed by atoms with Crippen LogP contribution in [0.3, 0.4) is 0 Å². The molecule has 2 heteroatoms. The molecule has 0 aliphatic rings. The van der Waals surface area contributed by atoms with Gasteiger partial charge in [0.1, 0.15) is 0 Å². The highest BCUT2D eigenvalue weighted by molar-refractivity contribution is 5.80. The Morgan fingerprint density at radius 3 is 1.95 bits per heavy atom. The summed E-state index contributed by atoms with van der Waals surface area (Å²) in [6.45, 7) is 2.23. The second kappa shape index (κ2) is 17.7. The van der Waals surface area contributed by atoms with Crippen molar-refractivity contribution in [2.45, 2.75) is 84.0 Å². The first-order valence-corrected chi connectivity index (χ1v) is 8.67. The van der Waals surface area contributed by atoms with Crippen molar-refractivity contribution in [3.63, 3.8) is 0 Å². The van der Waals surface area contributed by atoms with Crippen LogP contribution < -0.4 is 0 Å². The maximum Gasteiger partial charge on any atom is 0.328 e. The number of hydrogen-bond acceptors (Lipinski definition) is 1. The molecule has 0 heterocycles. The fourth-order valence-corrected chi connectivity index (χ4v) is 2.23. The summed E-state index contributed by atoms with van der Waals surface area (Å²) in [6, 6.07) is -2.46. The summed E-state index contributed by atoms with van der Waals surface area (Å²) in [4.78, 5) is 10.6. The standard InChI is InChI=1S/C20H34O2/c1-2-3-4-5-6-7-8-9-10-11-12-13-14-15-16-17-18-19-20(21)22/h14-19H,2-13H2,1H3,(H,21,22)/i16D,17D,18D,19D. The van der Waals surface area contributed by atoms with Gasteiger partial charge in [-0.3, -0.25) is 0 Å². The van der Waals surface area contributed by atoms with Crippen molar-refractivity contribution >= 4 is 5.97 Å². The average molecular weight is 311 g/mol. The molecular weight excluding hydrogens is 272 g/mol. The van der Waals surface area contributed by atoms with E-state index in [1.165, 1.54) is 63.9 Å². The van der Waals surface area contributed by atoms with E-state index in [1.807, 2.05) is 0 Å². The lowest BCUT2D eigenvalue weighted by molar-refractivity contribution is -0.131. The normalized spacial score (nSPS) is 16.4. The van der Waals surface area contributed by atoms with Gasteiger partial charge in [-0.1, -0.05) is 101 Å². The largest absolute Gasteiger partial charge is 0.478 e. The van der Waals surface area contributed by atoms with Gasteiger partial charge in [-0.25, -0.2) is 4.79 Å². The van der Waals surface area contributed by atoms with Crippen molar-refractivity contribution in [3.05, 3.63) is 36.4 Å². The van der Waals surface area contributed by atoms with Crippen LogP contribution in [-0.4, -0.2) is 11.1 Å². The van der Waals surface area contributed by atoms with Crippen molar-refractivity contribution in [3.8, 4) is 0 Å². The second-order valence-electron chi connectivity index (χ2n) is 5.55. The highest BCUT2D eigenvalue weighted by Gasteiger charge is 1.92. The molecule has 0 spiro atoms. The van der Waals surface area contributed by atoms with E-state index in [0.717, 1.165) is 19.3 Å². The molecule has 0 bridgehead atoms. The number of unbranched alkanes of at least 4 members (excludes halogenated alkanes) is 11. The minimum absolute atomic E-state index is 0.232. The van der Waals surface area contributed by atoms with Crippen LogP contribution in [-0.2, 0) is 4.79 Å². The summed E-state index contributed by atoms with van der Waals surface area (Å²) in [7, 11) is 0. The van der Waals surface area contributed by atoms with E-state index in [-0.39, 0.29) is 6.05 Å². The Bertz CT molecular complexity index is 496. The lowest BCUT2D eigenvalue weighted by Gasteiger charge is -2.01. The highest BCUT2D eigenvalue weighted by Crippen LogP contribution is 2.11. The lowest BCUT2D eigenvalue weighted by atomic mass is 10.1. The van der Waals surface area contributed by atoms with Gasteiger partial charge in [-0.2, -0.15) is 0 Å². The van der Waals surface area contributed by atoms with E-state index in [0.29, 0.717) is 0 Å². The second-order valence-corrected chi connectivity index (χ2v) is 5.55. The molecule has 0 saturated heterocycles. The van der Waals surface area contributed by atoms with Crippen LogP contribution in [0.2, 0.25) is 0 Å². The van der Waals surface area contributed by atoms with Gasteiger partial charge in [0.15, 0.2) is 0 Å². The summed E-state index contributed by atoms with van der Waals surface area (Å²) >= 11 is 0. The van der Waals surface area contributed by atoms with Crippen molar-refractivity contribution in [1.29, 1.82) is 0 Å². The van der Waals surface area contributed by atoms with Crippen LogP contribution >= 0.6 is 0 Å². The first-order valence-electron chi connectivity index (χ1n) is 10.7. The molecule has 0 aromatic carbocycles. The third-order valence-corrected chi connectivity index (χ3v) is 3.48. The molecule has 126 valence electrons. The Labute approximate surface area is 142 Å². The summed E-state index contributed by atoms with van der Waals surface area (Å²) < 4.78 is 29.9. The average Bonchev–Trinajstić information content (AvgIpc) is 2.63. The van der Waals surface area contributed by atoms with Gasteiger partial charge in [-0.15, -0.1) is 0 Å². The van der Waals surface area contributed by atoms with Gasteiger partial charge in [0, 0.05) is 6.05 Å². The summed E-state index contributed by atoms with van der Waals surface area (Å²) in [5.41, 5.74) is 0. The van der Waals surface area contributed by atoms with Crippen molar-refractivity contribution in [1.82, 2.24) is 0 Å². The lowest BCUT2D eigenvalue weighted by Crippen LogP contribution is -1.84. The van der Waals surface area contributed by atoms with Gasteiger partial charge < -0.3 is 5.11 Å². The van der Waals surface area contributed by atoms with Crippen LogP contribution in [0.4, 0.5) is 0 Å². The number of carboxylic acid groups (broad SMARTS) is 1. The molecule has 0 aromatic heterocycles. The van der Waals surface area contributed by atoms with Gasteiger partial charge >= 0.3 is 5.97 Å². The molecule has 0 unspecified atom stereocenters. The third kappa shape index (κ3) is 18.7. The zero-order valence-corrected chi connectivity index (χ0v) is 14.0. The predicted molar refractivity (Wildman–Crippen MR) is 96.1 cm³/mol. The van der Waals surface area contributed by atoms with E-state index in [1.54, 1.807) is 6.08 Å². The molecule has 0 radical (unpaired) electrons. The molecule has 0 amide bonds. The summed E-state index contributed by atoms with van der Waals surface area (Å²) in [6.07, 6.45) is 18.0. The minimum atomic E-state index is -1.56. The molecule has 22 heavy (non-hydrogen) atoms. The minimum Gasteiger partial charge on any atom is -0.478 e. The van der Waals surface area contributed by atoms with E-state index in [2.05, 4.69) is 6.92 Å². The molecule has 2 nitrogen and oxygen atoms in total. The number of hydrogen-bond donors (Lipinski definition) is 1. The first-order chi connectivity index (χ1) is 12.4. The molecular formula is C20H34O2. The fraction of sp³-hybridized carbons (Fsp3) is 0.650. The predicted octanol–water partition coefficient (Wildman–Crippen LogP) is 6.44. The van der Waals surface area contributed by atoms with Gasteiger partial charge in [-0.05, 0) is 12.8 Å². The number of allylic oxidation sites excluding steroid dienone is 5. The molecule has 1 N–H and O–H groups in total.